The van der Waals surface area contributed by atoms with Gasteiger partial charge in [-0.2, -0.15) is 0 Å². The molecule has 0 rings (SSSR count). The average Bonchev–Trinajstić information content (AvgIpc) is 3.14. The molecule has 0 heterocycles. The Kier molecular flexibility index (Phi) is 36.0. The molecule has 3 N–H and O–H groups in total. The largest absolute Gasteiger partial charge is 0.469 e. The third-order valence-electron chi connectivity index (χ3n) is 7.93. The number of hydrogen-bond acceptors (Lipinski definition) is 7. The molecule has 306 valence electrons. The van der Waals surface area contributed by atoms with Crippen LogP contribution in [0.3, 0.4) is 0 Å². The Morgan fingerprint density at radius 2 is 1.15 bits per heavy atom. The summed E-state index contributed by atoms with van der Waals surface area (Å²) in [5.41, 5.74) is 0. The molecule has 1 unspecified atom stereocenters. The number of hydrogen-bond donors (Lipinski definition) is 3. The monoisotopic (exact) mass is 774 g/mol. The van der Waals surface area contributed by atoms with Crippen molar-refractivity contribution in [1.29, 1.82) is 0 Å². The van der Waals surface area contributed by atoms with Gasteiger partial charge in [-0.05, 0) is 77.0 Å². The highest BCUT2D eigenvalue weighted by Crippen LogP contribution is 2.36. The summed E-state index contributed by atoms with van der Waals surface area (Å²) in [6.45, 7) is 3.36. The first-order chi connectivity index (χ1) is 26.2. The number of carbonyl (C=O) groups is 2. The maximum absolute atomic E-state index is 12.4. The lowest BCUT2D eigenvalue weighted by atomic mass is 10.1. The molecular formula is C44H71O9P. The van der Waals surface area contributed by atoms with E-state index in [0.717, 1.165) is 70.6 Å². The topological polar surface area (TPSA) is 140 Å². The lowest BCUT2D eigenvalue weighted by Gasteiger charge is -2.18. The summed E-state index contributed by atoms with van der Waals surface area (Å²) in [7, 11) is -4.80. The van der Waals surface area contributed by atoms with Crippen LogP contribution in [0.1, 0.15) is 142 Å². The molecule has 9 nitrogen and oxygen atoms in total. The Labute approximate surface area is 327 Å². The molecule has 0 aromatic carbocycles. The van der Waals surface area contributed by atoms with Crippen LogP contribution in [0.15, 0.2) is 97.2 Å². The summed E-state index contributed by atoms with van der Waals surface area (Å²) < 4.78 is 26.2. The molecule has 0 saturated carbocycles. The summed E-state index contributed by atoms with van der Waals surface area (Å²) >= 11 is 0. The molecule has 0 aromatic heterocycles. The highest BCUT2D eigenvalue weighted by molar-refractivity contribution is 7.46. The van der Waals surface area contributed by atoms with E-state index in [4.69, 9.17) is 19.3 Å². The molecule has 54 heavy (non-hydrogen) atoms. The van der Waals surface area contributed by atoms with Gasteiger partial charge in [0.05, 0.1) is 12.7 Å². The van der Waals surface area contributed by atoms with E-state index in [2.05, 4.69) is 79.1 Å². The van der Waals surface area contributed by atoms with Crippen molar-refractivity contribution < 1.29 is 43.0 Å². The van der Waals surface area contributed by atoms with E-state index in [-0.39, 0.29) is 19.4 Å². The summed E-state index contributed by atoms with van der Waals surface area (Å²) in [5.74, 6) is -1.09. The quantitative estimate of drug-likeness (QED) is 0.0189. The van der Waals surface area contributed by atoms with Gasteiger partial charge in [0, 0.05) is 12.8 Å². The Morgan fingerprint density at radius 3 is 1.78 bits per heavy atom. The van der Waals surface area contributed by atoms with Crippen molar-refractivity contribution in [1.82, 2.24) is 0 Å². The van der Waals surface area contributed by atoms with Gasteiger partial charge in [-0.1, -0.05) is 150 Å². The van der Waals surface area contributed by atoms with Gasteiger partial charge < -0.3 is 24.4 Å². The van der Waals surface area contributed by atoms with Crippen LogP contribution in [0, 0.1) is 0 Å². The molecule has 0 aliphatic heterocycles. The lowest BCUT2D eigenvalue weighted by Crippen LogP contribution is -2.29. The molecule has 0 aliphatic carbocycles. The fourth-order valence-corrected chi connectivity index (χ4v) is 5.28. The zero-order valence-electron chi connectivity index (χ0n) is 33.2. The van der Waals surface area contributed by atoms with E-state index in [1.165, 1.54) is 25.7 Å². The number of aliphatic hydroxyl groups excluding tert-OH is 1. The number of esters is 2. The minimum absolute atomic E-state index is 0.0528. The number of aliphatic hydroxyl groups is 1. The second-order valence-corrected chi connectivity index (χ2v) is 14.3. The minimum Gasteiger partial charge on any atom is -0.462 e. The van der Waals surface area contributed by atoms with E-state index in [9.17, 15) is 19.3 Å². The van der Waals surface area contributed by atoms with Gasteiger partial charge in [0.15, 0.2) is 6.10 Å². The lowest BCUT2D eigenvalue weighted by molar-refractivity contribution is -0.161. The van der Waals surface area contributed by atoms with Crippen molar-refractivity contribution in [3.63, 3.8) is 0 Å². The Hall–Kier alpha value is -3.07. The molecule has 0 aliphatic rings. The SMILES string of the molecule is CC/C=C\C/C=C\C/C=C\C/C=C\C=C/C(O)C/C=C\CCC(=O)OC[C@H](COP(=O)(O)O)OC(=O)CCCCCCCC/C=C\C/C=C\CCCCC. The number of rotatable bonds is 35. The van der Waals surface area contributed by atoms with Gasteiger partial charge in [0.25, 0.3) is 0 Å². The summed E-state index contributed by atoms with van der Waals surface area (Å²) in [6, 6.07) is 0. The van der Waals surface area contributed by atoms with Crippen molar-refractivity contribution in [2.45, 2.75) is 154 Å². The van der Waals surface area contributed by atoms with E-state index in [1.54, 1.807) is 24.3 Å². The molecule has 0 saturated heterocycles. The Balaban J connectivity index is 4.21. The van der Waals surface area contributed by atoms with Gasteiger partial charge >= 0.3 is 19.8 Å². The smallest absolute Gasteiger partial charge is 0.462 e. The van der Waals surface area contributed by atoms with Crippen LogP contribution >= 0.6 is 7.82 Å². The standard InChI is InChI=1S/C44H71O9P/c1-3-5-7-9-11-13-15-17-18-19-21-23-25-27-29-33-38-44(47)53-42(40-52-54(48,49)50)39-51-43(46)37-34-30-32-36-41(45)35-31-28-26-24-22-20-16-14-12-10-8-6-4-2/h6,8,11-14,17-18,20,22,26,28,30-32,35,41-42,45H,3-5,7,9-10,15-16,19,21,23-25,27,29,33-34,36-40H2,1-2H3,(H2,48,49,50)/b8-6-,13-11-,14-12-,18-17-,22-20-,28-26-,32-30-,35-31-/t41?,42-/m1/s1. The third-order valence-corrected chi connectivity index (χ3v) is 8.42. The average molecular weight is 775 g/mol. The van der Waals surface area contributed by atoms with Crippen LogP contribution in [-0.2, 0) is 28.2 Å². The van der Waals surface area contributed by atoms with Crippen molar-refractivity contribution in [2.24, 2.45) is 0 Å². The molecule has 2 atom stereocenters. The first-order valence-electron chi connectivity index (χ1n) is 20.1. The zero-order chi connectivity index (χ0) is 39.8. The number of phosphoric ester groups is 1. The van der Waals surface area contributed by atoms with E-state index < -0.39 is 38.6 Å². The molecule has 10 heteroatoms. The summed E-state index contributed by atoms with van der Waals surface area (Å²) in [4.78, 5) is 42.8. The summed E-state index contributed by atoms with van der Waals surface area (Å²) in [6.07, 6.45) is 48.7. The number of carbonyl (C=O) groups excluding carboxylic acids is 2. The van der Waals surface area contributed by atoms with Crippen molar-refractivity contribution in [3.05, 3.63) is 97.2 Å². The van der Waals surface area contributed by atoms with E-state index in [0.29, 0.717) is 19.3 Å². The van der Waals surface area contributed by atoms with Crippen molar-refractivity contribution in [2.75, 3.05) is 13.2 Å². The van der Waals surface area contributed by atoms with Crippen LogP contribution < -0.4 is 0 Å². The Morgan fingerprint density at radius 1 is 0.593 bits per heavy atom. The minimum atomic E-state index is -4.80. The molecule has 0 amide bonds. The molecule has 0 bridgehead atoms. The van der Waals surface area contributed by atoms with Crippen molar-refractivity contribution >= 4 is 19.8 Å². The highest BCUT2D eigenvalue weighted by atomic mass is 31.2. The molecule has 0 fully saturated rings. The molecule has 0 radical (unpaired) electrons. The fourth-order valence-electron chi connectivity index (χ4n) is 4.92. The van der Waals surface area contributed by atoms with Gasteiger partial charge in [-0.3, -0.25) is 14.1 Å². The normalized spacial score (nSPS) is 14.1. The molecular weight excluding hydrogens is 703 g/mol. The van der Waals surface area contributed by atoms with Crippen molar-refractivity contribution in [3.8, 4) is 0 Å². The van der Waals surface area contributed by atoms with Gasteiger partial charge in [0.2, 0.25) is 0 Å². The maximum Gasteiger partial charge on any atom is 0.469 e. The van der Waals surface area contributed by atoms with Crippen LogP contribution in [0.4, 0.5) is 0 Å². The van der Waals surface area contributed by atoms with E-state index >= 15 is 0 Å². The first-order valence-corrected chi connectivity index (χ1v) is 21.7. The predicted molar refractivity (Wildman–Crippen MR) is 222 cm³/mol. The fraction of sp³-hybridized carbons (Fsp3) is 0.591. The second kappa shape index (κ2) is 38.2. The van der Waals surface area contributed by atoms with E-state index in [1.807, 2.05) is 12.2 Å². The van der Waals surface area contributed by atoms with Crippen LogP contribution in [0.2, 0.25) is 0 Å². The summed E-state index contributed by atoms with van der Waals surface area (Å²) in [5, 5.41) is 10.1. The third kappa shape index (κ3) is 40.1. The highest BCUT2D eigenvalue weighted by Gasteiger charge is 2.22. The van der Waals surface area contributed by atoms with Crippen LogP contribution in [0.5, 0.6) is 0 Å². The maximum atomic E-state index is 12.4. The number of allylic oxidation sites excluding steroid dienone is 14. The second-order valence-electron chi connectivity index (χ2n) is 13.1. The van der Waals surface area contributed by atoms with Gasteiger partial charge in [0.1, 0.15) is 6.61 Å². The van der Waals surface area contributed by atoms with Crippen LogP contribution in [-0.4, -0.2) is 52.3 Å². The zero-order valence-corrected chi connectivity index (χ0v) is 34.1. The van der Waals surface area contributed by atoms with Gasteiger partial charge in [-0.15, -0.1) is 0 Å². The molecule has 0 aromatic rings. The Bertz CT molecular complexity index is 1210. The van der Waals surface area contributed by atoms with Gasteiger partial charge in [-0.25, -0.2) is 4.57 Å². The van der Waals surface area contributed by atoms with Crippen LogP contribution in [0.25, 0.3) is 0 Å². The number of unbranched alkanes of at least 4 members (excludes halogenated alkanes) is 9. The predicted octanol–water partition coefficient (Wildman–Crippen LogP) is 11.2. The number of ether oxygens (including phenoxy) is 2. The number of phosphoric acid groups is 1. The first kappa shape index (κ1) is 50.9. The molecule has 0 spiro atoms.